The van der Waals surface area contributed by atoms with E-state index in [0.29, 0.717) is 23.3 Å². The van der Waals surface area contributed by atoms with Crippen molar-refractivity contribution in [3.8, 4) is 22.5 Å². The number of rotatable bonds is 6. The van der Waals surface area contributed by atoms with Crippen LogP contribution in [0.4, 0.5) is 5.69 Å². The third-order valence-electron chi connectivity index (χ3n) is 6.53. The summed E-state index contributed by atoms with van der Waals surface area (Å²) in [7, 11) is 0. The second kappa shape index (κ2) is 8.24. The van der Waals surface area contributed by atoms with Crippen molar-refractivity contribution in [1.29, 1.82) is 0 Å². The highest BCUT2D eigenvalue weighted by molar-refractivity contribution is 6.03. The molecule has 0 atom stereocenters. The maximum absolute atomic E-state index is 12.9. The zero-order chi connectivity index (χ0) is 22.2. The lowest BCUT2D eigenvalue weighted by atomic mass is 9.82. The monoisotopic (exact) mass is 436 g/mol. The molecule has 2 aliphatic carbocycles. The minimum absolute atomic E-state index is 0.253. The number of carbonyl (C=O) groups is 1. The van der Waals surface area contributed by atoms with Crippen LogP contribution in [-0.4, -0.2) is 30.6 Å². The topological polar surface area (TPSA) is 85.6 Å². The summed E-state index contributed by atoms with van der Waals surface area (Å²) in [6.45, 7) is 0. The molecule has 7 nitrogen and oxygen atoms in total. The summed E-state index contributed by atoms with van der Waals surface area (Å²) in [6, 6.07) is 16.1. The SMILES string of the molecule is O=C(Nc1cccc(-c2nncn2C2CC2)c1)c1cc(-c2ccc(C3CCC3)nc2)ccn1. The summed E-state index contributed by atoms with van der Waals surface area (Å²) in [6.07, 6.45) is 11.4. The van der Waals surface area contributed by atoms with Gasteiger partial charge in [0.25, 0.3) is 5.91 Å². The maximum Gasteiger partial charge on any atom is 0.274 e. The molecule has 7 heteroatoms. The van der Waals surface area contributed by atoms with Gasteiger partial charge < -0.3 is 9.88 Å². The molecule has 2 saturated carbocycles. The quantitative estimate of drug-likeness (QED) is 0.446. The molecule has 6 rings (SSSR count). The molecule has 3 aromatic heterocycles. The van der Waals surface area contributed by atoms with Crippen molar-refractivity contribution in [1.82, 2.24) is 24.7 Å². The van der Waals surface area contributed by atoms with Crippen molar-refractivity contribution in [3.05, 3.63) is 78.6 Å². The molecule has 33 heavy (non-hydrogen) atoms. The largest absolute Gasteiger partial charge is 0.321 e. The highest BCUT2D eigenvalue weighted by Gasteiger charge is 2.26. The molecule has 3 heterocycles. The maximum atomic E-state index is 12.9. The molecule has 2 fully saturated rings. The van der Waals surface area contributed by atoms with Gasteiger partial charge >= 0.3 is 0 Å². The van der Waals surface area contributed by atoms with E-state index in [9.17, 15) is 4.79 Å². The van der Waals surface area contributed by atoms with Gasteiger partial charge in [-0.15, -0.1) is 10.2 Å². The second-order valence-corrected chi connectivity index (χ2v) is 8.86. The van der Waals surface area contributed by atoms with Crippen LogP contribution in [0.25, 0.3) is 22.5 Å². The average Bonchev–Trinajstić information content (AvgIpc) is 3.54. The smallest absolute Gasteiger partial charge is 0.274 e. The fourth-order valence-corrected chi connectivity index (χ4v) is 4.26. The van der Waals surface area contributed by atoms with Gasteiger partial charge in [-0.25, -0.2) is 0 Å². The Morgan fingerprint density at radius 2 is 1.85 bits per heavy atom. The number of aromatic nitrogens is 5. The van der Waals surface area contributed by atoms with E-state index in [1.165, 1.54) is 19.3 Å². The molecule has 2 aliphatic rings. The molecule has 1 N–H and O–H groups in total. The zero-order valence-electron chi connectivity index (χ0n) is 18.2. The number of benzene rings is 1. The van der Waals surface area contributed by atoms with Crippen LogP contribution in [0.1, 0.15) is 60.2 Å². The summed E-state index contributed by atoms with van der Waals surface area (Å²) in [4.78, 5) is 21.9. The molecule has 0 aliphatic heterocycles. The first-order valence-corrected chi connectivity index (χ1v) is 11.5. The van der Waals surface area contributed by atoms with E-state index in [0.717, 1.165) is 41.1 Å². The Kier molecular flexibility index (Phi) is 4.94. The number of hydrogen-bond acceptors (Lipinski definition) is 5. The molecule has 0 spiro atoms. The number of amides is 1. The van der Waals surface area contributed by atoms with Crippen molar-refractivity contribution in [3.63, 3.8) is 0 Å². The van der Waals surface area contributed by atoms with Gasteiger partial charge in [-0.2, -0.15) is 0 Å². The highest BCUT2D eigenvalue weighted by Crippen LogP contribution is 2.38. The van der Waals surface area contributed by atoms with Crippen molar-refractivity contribution in [2.45, 2.75) is 44.1 Å². The lowest BCUT2D eigenvalue weighted by Gasteiger charge is -2.24. The highest BCUT2D eigenvalue weighted by atomic mass is 16.1. The minimum atomic E-state index is -0.253. The molecule has 4 aromatic rings. The van der Waals surface area contributed by atoms with E-state index >= 15 is 0 Å². The fourth-order valence-electron chi connectivity index (χ4n) is 4.26. The summed E-state index contributed by atoms with van der Waals surface area (Å²) in [5.41, 5.74) is 5.06. The van der Waals surface area contributed by atoms with Gasteiger partial charge in [0.05, 0.1) is 0 Å². The summed E-state index contributed by atoms with van der Waals surface area (Å²) >= 11 is 0. The van der Waals surface area contributed by atoms with Crippen molar-refractivity contribution in [2.24, 2.45) is 0 Å². The first-order chi connectivity index (χ1) is 16.2. The lowest BCUT2D eigenvalue weighted by Crippen LogP contribution is -2.13. The van der Waals surface area contributed by atoms with Crippen LogP contribution in [0.15, 0.2) is 67.3 Å². The van der Waals surface area contributed by atoms with Gasteiger partial charge in [0.1, 0.15) is 12.0 Å². The standard InChI is InChI=1S/C26H24N6O/c33-26(30-21-6-2-5-19(13-21)25-31-29-16-32(25)22-8-9-22)24-14-18(11-12-27-24)20-7-10-23(28-15-20)17-3-1-4-17/h2,5-7,10-17,22H,1,3-4,8-9H2,(H,30,33). The van der Waals surface area contributed by atoms with Gasteiger partial charge in [0, 0.05) is 46.9 Å². The van der Waals surface area contributed by atoms with Gasteiger partial charge in [0.2, 0.25) is 0 Å². The van der Waals surface area contributed by atoms with E-state index in [1.807, 2.05) is 42.6 Å². The van der Waals surface area contributed by atoms with E-state index in [1.54, 1.807) is 12.5 Å². The average molecular weight is 437 g/mol. The first-order valence-electron chi connectivity index (χ1n) is 11.5. The summed E-state index contributed by atoms with van der Waals surface area (Å²) in [5.74, 6) is 1.18. The molecule has 0 bridgehead atoms. The molecule has 0 unspecified atom stereocenters. The first kappa shape index (κ1) is 19.8. The van der Waals surface area contributed by atoms with Gasteiger partial charge in [-0.3, -0.25) is 14.8 Å². The Hall–Kier alpha value is -3.87. The third-order valence-corrected chi connectivity index (χ3v) is 6.53. The van der Waals surface area contributed by atoms with E-state index in [4.69, 9.17) is 0 Å². The summed E-state index contributed by atoms with van der Waals surface area (Å²) < 4.78 is 2.11. The number of nitrogens with zero attached hydrogens (tertiary/aromatic N) is 5. The molecular weight excluding hydrogens is 412 g/mol. The fraction of sp³-hybridized carbons (Fsp3) is 0.269. The van der Waals surface area contributed by atoms with Gasteiger partial charge in [0.15, 0.2) is 5.82 Å². The van der Waals surface area contributed by atoms with E-state index in [2.05, 4.69) is 42.2 Å². The molecule has 164 valence electrons. The van der Waals surface area contributed by atoms with Crippen LogP contribution in [0.5, 0.6) is 0 Å². The van der Waals surface area contributed by atoms with E-state index in [-0.39, 0.29) is 5.91 Å². The van der Waals surface area contributed by atoms with Crippen LogP contribution >= 0.6 is 0 Å². The Labute approximate surface area is 191 Å². The van der Waals surface area contributed by atoms with E-state index < -0.39 is 0 Å². The third kappa shape index (κ3) is 4.02. The van der Waals surface area contributed by atoms with Crippen molar-refractivity contribution < 1.29 is 4.79 Å². The normalized spacial score (nSPS) is 15.8. The minimum Gasteiger partial charge on any atom is -0.321 e. The predicted molar refractivity (Wildman–Crippen MR) is 126 cm³/mol. The molecule has 1 aromatic carbocycles. The Bertz CT molecular complexity index is 1300. The lowest BCUT2D eigenvalue weighted by molar-refractivity contribution is 0.102. The van der Waals surface area contributed by atoms with Crippen LogP contribution < -0.4 is 5.32 Å². The van der Waals surface area contributed by atoms with Crippen LogP contribution in [0.2, 0.25) is 0 Å². The second-order valence-electron chi connectivity index (χ2n) is 8.86. The number of carbonyl (C=O) groups excluding carboxylic acids is 1. The molecule has 0 radical (unpaired) electrons. The zero-order valence-corrected chi connectivity index (χ0v) is 18.2. The van der Waals surface area contributed by atoms with Crippen molar-refractivity contribution in [2.75, 3.05) is 5.32 Å². The van der Waals surface area contributed by atoms with Crippen LogP contribution in [0.3, 0.4) is 0 Å². The number of hydrogen-bond donors (Lipinski definition) is 1. The molecule has 1 amide bonds. The summed E-state index contributed by atoms with van der Waals surface area (Å²) in [5, 5.41) is 11.3. The van der Waals surface area contributed by atoms with Crippen LogP contribution in [-0.2, 0) is 0 Å². The Morgan fingerprint density at radius 3 is 2.61 bits per heavy atom. The van der Waals surface area contributed by atoms with Gasteiger partial charge in [-0.05, 0) is 61.6 Å². The molecular formula is C26H24N6O. The number of pyridine rings is 2. The number of anilines is 1. The van der Waals surface area contributed by atoms with Crippen molar-refractivity contribution >= 4 is 11.6 Å². The predicted octanol–water partition coefficient (Wildman–Crippen LogP) is 5.26. The Morgan fingerprint density at radius 1 is 0.939 bits per heavy atom. The Balaban J connectivity index is 1.20. The molecule has 0 saturated heterocycles. The number of nitrogens with one attached hydrogen (secondary N) is 1. The van der Waals surface area contributed by atoms with Gasteiger partial charge in [-0.1, -0.05) is 24.6 Å². The van der Waals surface area contributed by atoms with Crippen LogP contribution in [0, 0.1) is 0 Å².